The van der Waals surface area contributed by atoms with Gasteiger partial charge >= 0.3 is 0 Å². The van der Waals surface area contributed by atoms with E-state index in [-0.39, 0.29) is 11.6 Å². The molecule has 2 rings (SSSR count). The fourth-order valence-corrected chi connectivity index (χ4v) is 1.46. The lowest BCUT2D eigenvalue weighted by atomic mass is 10.0. The van der Waals surface area contributed by atoms with Gasteiger partial charge < -0.3 is 5.73 Å². The first-order chi connectivity index (χ1) is 8.18. The lowest BCUT2D eigenvalue weighted by Gasteiger charge is -2.02. The third-order valence-electron chi connectivity index (χ3n) is 2.38. The highest BCUT2D eigenvalue weighted by atomic mass is 16.1. The predicted molar refractivity (Wildman–Crippen MR) is 65.1 cm³/mol. The van der Waals surface area contributed by atoms with E-state index in [1.807, 2.05) is 0 Å². The molecule has 0 atom stereocenters. The maximum Gasteiger partial charge on any atom is 0.194 e. The van der Waals surface area contributed by atoms with Gasteiger partial charge in [-0.3, -0.25) is 15.2 Å². The molecule has 1 heterocycles. The molecule has 0 aliphatic heterocycles. The van der Waals surface area contributed by atoms with Gasteiger partial charge in [-0.15, -0.1) is 0 Å². The number of amidine groups is 1. The number of pyridine rings is 1. The van der Waals surface area contributed by atoms with Crippen LogP contribution < -0.4 is 5.73 Å². The minimum absolute atomic E-state index is 0.00891. The van der Waals surface area contributed by atoms with Crippen LogP contribution in [0.3, 0.4) is 0 Å². The zero-order chi connectivity index (χ0) is 12.3. The first-order valence-electron chi connectivity index (χ1n) is 5.07. The molecule has 1 aromatic carbocycles. The van der Waals surface area contributed by atoms with Gasteiger partial charge in [0.1, 0.15) is 5.84 Å². The molecule has 4 heteroatoms. The predicted octanol–water partition coefficient (Wildman–Crippen LogP) is 1.60. The van der Waals surface area contributed by atoms with Gasteiger partial charge in [0, 0.05) is 29.1 Å². The van der Waals surface area contributed by atoms with Gasteiger partial charge in [0.2, 0.25) is 0 Å². The van der Waals surface area contributed by atoms with Crippen LogP contribution in [0, 0.1) is 5.41 Å². The molecular formula is C13H11N3O. The van der Waals surface area contributed by atoms with E-state index >= 15 is 0 Å². The number of hydrogen-bond donors (Lipinski definition) is 2. The van der Waals surface area contributed by atoms with Gasteiger partial charge in [0.15, 0.2) is 5.78 Å². The van der Waals surface area contributed by atoms with E-state index < -0.39 is 0 Å². The van der Waals surface area contributed by atoms with Crippen LogP contribution in [0.1, 0.15) is 21.5 Å². The second-order valence-corrected chi connectivity index (χ2v) is 3.56. The van der Waals surface area contributed by atoms with Gasteiger partial charge in [-0.05, 0) is 12.1 Å². The molecule has 2 aromatic rings. The maximum absolute atomic E-state index is 12.0. The van der Waals surface area contributed by atoms with Gasteiger partial charge in [-0.2, -0.15) is 0 Å². The Kier molecular flexibility index (Phi) is 2.96. The smallest absolute Gasteiger partial charge is 0.194 e. The van der Waals surface area contributed by atoms with Crippen molar-refractivity contribution in [3.8, 4) is 0 Å². The fraction of sp³-hybridized carbons (Fsp3) is 0. The Morgan fingerprint density at radius 3 is 2.24 bits per heavy atom. The number of ketones is 1. The number of nitrogens with two attached hydrogens (primary N) is 1. The highest BCUT2D eigenvalue weighted by molar-refractivity contribution is 6.09. The Bertz CT molecular complexity index is 547. The van der Waals surface area contributed by atoms with Crippen LogP contribution in [0.2, 0.25) is 0 Å². The van der Waals surface area contributed by atoms with E-state index in [4.69, 9.17) is 11.1 Å². The van der Waals surface area contributed by atoms with Crippen molar-refractivity contribution in [3.05, 3.63) is 65.5 Å². The van der Waals surface area contributed by atoms with E-state index in [9.17, 15) is 4.79 Å². The molecule has 0 fully saturated rings. The molecule has 0 radical (unpaired) electrons. The van der Waals surface area contributed by atoms with Crippen molar-refractivity contribution in [1.82, 2.24) is 4.98 Å². The zero-order valence-electron chi connectivity index (χ0n) is 9.05. The van der Waals surface area contributed by atoms with Crippen LogP contribution in [-0.4, -0.2) is 16.6 Å². The second-order valence-electron chi connectivity index (χ2n) is 3.56. The molecule has 0 spiro atoms. The molecule has 0 aliphatic rings. The number of nitrogens with zero attached hydrogens (tertiary/aromatic N) is 1. The van der Waals surface area contributed by atoms with E-state index in [2.05, 4.69) is 4.98 Å². The van der Waals surface area contributed by atoms with Crippen molar-refractivity contribution in [2.24, 2.45) is 5.73 Å². The SMILES string of the molecule is N=C(N)c1ccc(C(=O)c2cccnc2)cc1. The van der Waals surface area contributed by atoms with Gasteiger partial charge in [0.25, 0.3) is 0 Å². The standard InChI is InChI=1S/C13H11N3O/c14-13(15)10-5-3-9(4-6-10)12(17)11-2-1-7-16-8-11/h1-8H,(H3,14,15). The molecule has 0 saturated heterocycles. The number of aromatic nitrogens is 1. The Labute approximate surface area is 98.6 Å². The Morgan fingerprint density at radius 2 is 1.71 bits per heavy atom. The van der Waals surface area contributed by atoms with Crippen LogP contribution in [0.4, 0.5) is 0 Å². The monoisotopic (exact) mass is 225 g/mol. The van der Waals surface area contributed by atoms with Gasteiger partial charge in [-0.25, -0.2) is 0 Å². The number of hydrogen-bond acceptors (Lipinski definition) is 3. The molecule has 0 unspecified atom stereocenters. The van der Waals surface area contributed by atoms with Crippen LogP contribution in [0.5, 0.6) is 0 Å². The fourth-order valence-electron chi connectivity index (χ4n) is 1.46. The average Bonchev–Trinajstić information content (AvgIpc) is 2.39. The van der Waals surface area contributed by atoms with E-state index in [1.165, 1.54) is 6.20 Å². The molecule has 4 nitrogen and oxygen atoms in total. The van der Waals surface area contributed by atoms with E-state index in [1.54, 1.807) is 42.6 Å². The number of benzene rings is 1. The molecule has 0 saturated carbocycles. The summed E-state index contributed by atoms with van der Waals surface area (Å²) < 4.78 is 0. The van der Waals surface area contributed by atoms with Crippen molar-refractivity contribution < 1.29 is 4.79 Å². The third-order valence-corrected chi connectivity index (χ3v) is 2.38. The highest BCUT2D eigenvalue weighted by Crippen LogP contribution is 2.10. The lowest BCUT2D eigenvalue weighted by Crippen LogP contribution is -2.11. The largest absolute Gasteiger partial charge is 0.384 e. The van der Waals surface area contributed by atoms with Crippen molar-refractivity contribution in [1.29, 1.82) is 5.41 Å². The number of rotatable bonds is 3. The van der Waals surface area contributed by atoms with Crippen LogP contribution in [-0.2, 0) is 0 Å². The minimum Gasteiger partial charge on any atom is -0.384 e. The van der Waals surface area contributed by atoms with E-state index in [0.29, 0.717) is 16.7 Å². The molecule has 3 N–H and O–H groups in total. The molecular weight excluding hydrogens is 214 g/mol. The summed E-state index contributed by atoms with van der Waals surface area (Å²) in [6, 6.07) is 10.1. The Morgan fingerprint density at radius 1 is 1.06 bits per heavy atom. The molecule has 1 aromatic heterocycles. The number of nitrogens with one attached hydrogen (secondary N) is 1. The number of carbonyl (C=O) groups is 1. The first kappa shape index (κ1) is 11.0. The van der Waals surface area contributed by atoms with Crippen LogP contribution >= 0.6 is 0 Å². The summed E-state index contributed by atoms with van der Waals surface area (Å²) in [7, 11) is 0. The normalized spacial score (nSPS) is 9.88. The van der Waals surface area contributed by atoms with Crippen molar-refractivity contribution in [2.45, 2.75) is 0 Å². The summed E-state index contributed by atoms with van der Waals surface area (Å²) in [5.41, 5.74) is 7.05. The summed E-state index contributed by atoms with van der Waals surface area (Å²) in [4.78, 5) is 15.9. The zero-order valence-corrected chi connectivity index (χ0v) is 9.05. The van der Waals surface area contributed by atoms with E-state index in [0.717, 1.165) is 0 Å². The summed E-state index contributed by atoms with van der Waals surface area (Å²) in [5, 5.41) is 7.26. The molecule has 0 amide bonds. The van der Waals surface area contributed by atoms with Gasteiger partial charge in [0.05, 0.1) is 0 Å². The first-order valence-corrected chi connectivity index (χ1v) is 5.07. The summed E-state index contributed by atoms with van der Waals surface area (Å²) >= 11 is 0. The summed E-state index contributed by atoms with van der Waals surface area (Å²) in [5.74, 6) is -0.0985. The number of carbonyl (C=O) groups excluding carboxylic acids is 1. The lowest BCUT2D eigenvalue weighted by molar-refractivity contribution is 0.103. The summed E-state index contributed by atoms with van der Waals surface area (Å²) in [6.45, 7) is 0. The molecule has 0 aliphatic carbocycles. The second kappa shape index (κ2) is 4.57. The van der Waals surface area contributed by atoms with Crippen molar-refractivity contribution in [3.63, 3.8) is 0 Å². The summed E-state index contributed by atoms with van der Waals surface area (Å²) in [6.07, 6.45) is 3.15. The minimum atomic E-state index is -0.0896. The highest BCUT2D eigenvalue weighted by Gasteiger charge is 2.08. The Hall–Kier alpha value is -2.49. The molecule has 17 heavy (non-hydrogen) atoms. The Balaban J connectivity index is 2.30. The van der Waals surface area contributed by atoms with Gasteiger partial charge in [-0.1, -0.05) is 24.3 Å². The molecule has 84 valence electrons. The molecule has 0 bridgehead atoms. The van der Waals surface area contributed by atoms with Crippen LogP contribution in [0.25, 0.3) is 0 Å². The number of nitrogen functional groups attached to an aromatic ring is 1. The van der Waals surface area contributed by atoms with Crippen LogP contribution in [0.15, 0.2) is 48.8 Å². The quantitative estimate of drug-likeness (QED) is 0.473. The average molecular weight is 225 g/mol. The maximum atomic E-state index is 12.0. The topological polar surface area (TPSA) is 79.8 Å². The third kappa shape index (κ3) is 2.36. The van der Waals surface area contributed by atoms with Crippen molar-refractivity contribution >= 4 is 11.6 Å². The van der Waals surface area contributed by atoms with Crippen molar-refractivity contribution in [2.75, 3.05) is 0 Å².